The van der Waals surface area contributed by atoms with E-state index in [1.165, 1.54) is 0 Å². The summed E-state index contributed by atoms with van der Waals surface area (Å²) in [5, 5.41) is 0. The molecule has 0 spiro atoms. The van der Waals surface area contributed by atoms with E-state index in [9.17, 15) is 4.79 Å². The lowest BCUT2D eigenvalue weighted by atomic mass is 10.2. The van der Waals surface area contributed by atoms with Gasteiger partial charge in [0.2, 0.25) is 0 Å². The molecule has 14 heavy (non-hydrogen) atoms. The van der Waals surface area contributed by atoms with Crippen LogP contribution in [0.2, 0.25) is 0 Å². The van der Waals surface area contributed by atoms with Crippen LogP contribution >= 0.6 is 0 Å². The zero-order valence-corrected chi connectivity index (χ0v) is 8.57. The van der Waals surface area contributed by atoms with Crippen LogP contribution in [0, 0.1) is 0 Å². The second-order valence-corrected chi connectivity index (χ2v) is 3.86. The van der Waals surface area contributed by atoms with Gasteiger partial charge in [-0.05, 0) is 26.2 Å². The monoisotopic (exact) mass is 199 g/mol. The zero-order valence-electron chi connectivity index (χ0n) is 8.57. The van der Waals surface area contributed by atoms with Gasteiger partial charge in [0.15, 0.2) is 0 Å². The standard InChI is InChI=1S/C10H17NO3/c1-8-11(5-3-7-13-8)10(12)9-4-2-6-14-9/h8-9H,2-7H2,1H3. The van der Waals surface area contributed by atoms with Gasteiger partial charge in [0, 0.05) is 13.2 Å². The molecule has 2 fully saturated rings. The fourth-order valence-corrected chi connectivity index (χ4v) is 2.01. The molecule has 2 rings (SSSR count). The third-order valence-electron chi connectivity index (χ3n) is 2.83. The molecule has 4 nitrogen and oxygen atoms in total. The predicted octanol–water partition coefficient (Wildman–Crippen LogP) is 0.760. The molecule has 2 aliphatic heterocycles. The first kappa shape index (κ1) is 9.93. The van der Waals surface area contributed by atoms with Crippen LogP contribution in [0.5, 0.6) is 0 Å². The van der Waals surface area contributed by atoms with Gasteiger partial charge in [-0.15, -0.1) is 0 Å². The Bertz CT molecular complexity index is 213. The average Bonchev–Trinajstić information content (AvgIpc) is 2.70. The summed E-state index contributed by atoms with van der Waals surface area (Å²) in [6, 6.07) is 0. The molecule has 2 atom stereocenters. The van der Waals surface area contributed by atoms with Gasteiger partial charge in [-0.25, -0.2) is 0 Å². The number of carbonyl (C=O) groups excluding carboxylic acids is 1. The van der Waals surface area contributed by atoms with Gasteiger partial charge in [0.25, 0.3) is 5.91 Å². The Balaban J connectivity index is 1.94. The first-order valence-corrected chi connectivity index (χ1v) is 5.33. The number of ether oxygens (including phenoxy) is 2. The van der Waals surface area contributed by atoms with Crippen molar-refractivity contribution in [2.24, 2.45) is 0 Å². The summed E-state index contributed by atoms with van der Waals surface area (Å²) in [6.45, 7) is 4.21. The molecule has 2 unspecified atom stereocenters. The molecule has 0 radical (unpaired) electrons. The molecule has 0 aliphatic carbocycles. The van der Waals surface area contributed by atoms with Crippen molar-refractivity contribution in [2.75, 3.05) is 19.8 Å². The van der Waals surface area contributed by atoms with Crippen molar-refractivity contribution in [1.29, 1.82) is 0 Å². The molecular weight excluding hydrogens is 182 g/mol. The van der Waals surface area contributed by atoms with Crippen LogP contribution in [-0.4, -0.2) is 42.9 Å². The highest BCUT2D eigenvalue weighted by Gasteiger charge is 2.32. The third kappa shape index (κ3) is 1.91. The Kier molecular flexibility index (Phi) is 3.03. The summed E-state index contributed by atoms with van der Waals surface area (Å²) in [6.07, 6.45) is 2.50. The van der Waals surface area contributed by atoms with Crippen molar-refractivity contribution < 1.29 is 14.3 Å². The topological polar surface area (TPSA) is 38.8 Å². The highest BCUT2D eigenvalue weighted by Crippen LogP contribution is 2.18. The van der Waals surface area contributed by atoms with E-state index in [1.807, 2.05) is 6.92 Å². The van der Waals surface area contributed by atoms with E-state index in [1.54, 1.807) is 4.90 Å². The van der Waals surface area contributed by atoms with Gasteiger partial charge in [0.05, 0.1) is 6.61 Å². The molecule has 2 heterocycles. The zero-order chi connectivity index (χ0) is 9.97. The SMILES string of the molecule is CC1OCCCN1C(=O)C1CCCO1. The molecule has 1 amide bonds. The highest BCUT2D eigenvalue weighted by atomic mass is 16.5. The maximum atomic E-state index is 11.9. The lowest BCUT2D eigenvalue weighted by Gasteiger charge is -2.34. The minimum atomic E-state index is -0.209. The molecule has 0 bridgehead atoms. The summed E-state index contributed by atoms with van der Waals surface area (Å²) in [5.74, 6) is 0.106. The fourth-order valence-electron chi connectivity index (χ4n) is 2.01. The van der Waals surface area contributed by atoms with Crippen LogP contribution in [-0.2, 0) is 14.3 Å². The van der Waals surface area contributed by atoms with Crippen molar-refractivity contribution in [1.82, 2.24) is 4.90 Å². The largest absolute Gasteiger partial charge is 0.368 e. The minimum Gasteiger partial charge on any atom is -0.368 e. The van der Waals surface area contributed by atoms with Crippen molar-refractivity contribution in [2.45, 2.75) is 38.5 Å². The molecule has 80 valence electrons. The van der Waals surface area contributed by atoms with E-state index in [0.717, 1.165) is 39.0 Å². The molecule has 2 saturated heterocycles. The maximum absolute atomic E-state index is 11.9. The van der Waals surface area contributed by atoms with Crippen molar-refractivity contribution in [3.63, 3.8) is 0 Å². The number of carbonyl (C=O) groups is 1. The van der Waals surface area contributed by atoms with E-state index in [4.69, 9.17) is 9.47 Å². The minimum absolute atomic E-state index is 0.0829. The smallest absolute Gasteiger partial charge is 0.253 e. The van der Waals surface area contributed by atoms with E-state index < -0.39 is 0 Å². The molecule has 0 aromatic heterocycles. The summed E-state index contributed by atoms with van der Waals surface area (Å²) in [5.41, 5.74) is 0. The van der Waals surface area contributed by atoms with Crippen LogP contribution in [0.15, 0.2) is 0 Å². The van der Waals surface area contributed by atoms with Crippen LogP contribution in [0.4, 0.5) is 0 Å². The van der Waals surface area contributed by atoms with Gasteiger partial charge in [-0.2, -0.15) is 0 Å². The molecule has 0 saturated carbocycles. The number of nitrogens with zero attached hydrogens (tertiary/aromatic N) is 1. The van der Waals surface area contributed by atoms with E-state index in [2.05, 4.69) is 0 Å². The van der Waals surface area contributed by atoms with E-state index in [-0.39, 0.29) is 18.2 Å². The van der Waals surface area contributed by atoms with Gasteiger partial charge >= 0.3 is 0 Å². The summed E-state index contributed by atoms with van der Waals surface area (Å²) >= 11 is 0. The lowest BCUT2D eigenvalue weighted by molar-refractivity contribution is -0.161. The highest BCUT2D eigenvalue weighted by molar-refractivity contribution is 5.81. The maximum Gasteiger partial charge on any atom is 0.253 e. The second-order valence-electron chi connectivity index (χ2n) is 3.86. The molecule has 0 N–H and O–H groups in total. The molecule has 0 aromatic carbocycles. The van der Waals surface area contributed by atoms with Crippen molar-refractivity contribution >= 4 is 5.91 Å². The first-order valence-electron chi connectivity index (χ1n) is 5.33. The third-order valence-corrected chi connectivity index (χ3v) is 2.83. The average molecular weight is 199 g/mol. The first-order chi connectivity index (χ1) is 6.79. The summed E-state index contributed by atoms with van der Waals surface area (Å²) in [4.78, 5) is 13.7. The van der Waals surface area contributed by atoms with Crippen LogP contribution < -0.4 is 0 Å². The van der Waals surface area contributed by atoms with E-state index in [0.29, 0.717) is 0 Å². The quantitative estimate of drug-likeness (QED) is 0.626. The fraction of sp³-hybridized carbons (Fsp3) is 0.900. The summed E-state index contributed by atoms with van der Waals surface area (Å²) < 4.78 is 10.8. The van der Waals surface area contributed by atoms with Crippen LogP contribution in [0.3, 0.4) is 0 Å². The molecule has 0 aromatic rings. The number of hydrogen-bond acceptors (Lipinski definition) is 3. The second kappa shape index (κ2) is 4.28. The Morgan fingerprint density at radius 3 is 2.71 bits per heavy atom. The molecular formula is C10H17NO3. The van der Waals surface area contributed by atoms with Crippen molar-refractivity contribution in [3.05, 3.63) is 0 Å². The Hall–Kier alpha value is -0.610. The van der Waals surface area contributed by atoms with Gasteiger partial charge < -0.3 is 14.4 Å². The van der Waals surface area contributed by atoms with Crippen LogP contribution in [0.25, 0.3) is 0 Å². The van der Waals surface area contributed by atoms with Gasteiger partial charge in [0.1, 0.15) is 12.3 Å². The van der Waals surface area contributed by atoms with Crippen molar-refractivity contribution in [3.8, 4) is 0 Å². The Labute approximate surface area is 84.2 Å². The van der Waals surface area contributed by atoms with E-state index >= 15 is 0 Å². The van der Waals surface area contributed by atoms with Gasteiger partial charge in [-0.3, -0.25) is 4.79 Å². The Morgan fingerprint density at radius 2 is 2.07 bits per heavy atom. The molecule has 4 heteroatoms. The van der Waals surface area contributed by atoms with Gasteiger partial charge in [-0.1, -0.05) is 0 Å². The molecule has 2 aliphatic rings. The van der Waals surface area contributed by atoms with Crippen LogP contribution in [0.1, 0.15) is 26.2 Å². The Morgan fingerprint density at radius 1 is 1.29 bits per heavy atom. The number of amides is 1. The lowest BCUT2D eigenvalue weighted by Crippen LogP contribution is -2.48. The number of rotatable bonds is 1. The number of hydrogen-bond donors (Lipinski definition) is 0. The normalized spacial score (nSPS) is 33.4. The predicted molar refractivity (Wildman–Crippen MR) is 50.7 cm³/mol. The summed E-state index contributed by atoms with van der Waals surface area (Å²) in [7, 11) is 0.